The number of unbranched alkanes of at least 4 members (excludes halogenated alkanes) is 9. The van der Waals surface area contributed by atoms with Gasteiger partial charge in [-0.15, -0.1) is 0 Å². The van der Waals surface area contributed by atoms with Gasteiger partial charge >= 0.3 is 35.5 Å². The van der Waals surface area contributed by atoms with Crippen LogP contribution < -0.4 is 34.9 Å². The zero-order valence-corrected chi connectivity index (χ0v) is 15.7. The fraction of sp³-hybridized carbons (Fsp3) is 0.750. The molecule has 2 N–H and O–H groups in total. The number of carbonyl (C=O) groups is 2. The van der Waals surface area contributed by atoms with Crippen LogP contribution in [0.3, 0.4) is 0 Å². The summed E-state index contributed by atoms with van der Waals surface area (Å²) in [6.07, 6.45) is 14.5. The van der Waals surface area contributed by atoms with Crippen molar-refractivity contribution in [1.29, 1.82) is 0 Å². The molecule has 5 heteroatoms. The van der Waals surface area contributed by atoms with Crippen molar-refractivity contribution in [3.05, 3.63) is 12.2 Å². The van der Waals surface area contributed by atoms with Crippen molar-refractivity contribution in [2.75, 3.05) is 6.54 Å². The van der Waals surface area contributed by atoms with Gasteiger partial charge in [-0.3, -0.25) is 4.79 Å². The van der Waals surface area contributed by atoms with Crippen LogP contribution in [0.2, 0.25) is 0 Å². The van der Waals surface area contributed by atoms with Gasteiger partial charge in [-0.1, -0.05) is 64.7 Å². The molecule has 0 radical (unpaired) electrons. The quantitative estimate of drug-likeness (QED) is 0.300. The van der Waals surface area contributed by atoms with Gasteiger partial charge in [0, 0.05) is 18.7 Å². The molecule has 21 heavy (non-hydrogen) atoms. The second-order valence-corrected chi connectivity index (χ2v) is 5.14. The Bertz CT molecular complexity index is 299. The average molecular weight is 307 g/mol. The van der Waals surface area contributed by atoms with Gasteiger partial charge in [-0.25, -0.2) is 4.79 Å². The van der Waals surface area contributed by atoms with E-state index in [4.69, 9.17) is 5.11 Å². The second kappa shape index (κ2) is 17.7. The van der Waals surface area contributed by atoms with Crippen molar-refractivity contribution in [2.45, 2.75) is 71.1 Å². The van der Waals surface area contributed by atoms with Crippen LogP contribution in [0.15, 0.2) is 12.2 Å². The number of nitrogens with one attached hydrogen (secondary N) is 1. The second-order valence-electron chi connectivity index (χ2n) is 5.14. The van der Waals surface area contributed by atoms with Crippen LogP contribution in [0.25, 0.3) is 0 Å². The standard InChI is InChI=1S/C16H29NO3.Na.H/c1-2-3-4-5-6-7-8-9-10-11-14-17-15(18)12-13-16(19)20;;/h12-13H,2-11,14H2,1H3,(H,17,18)(H,19,20);;/q;+1;-1/b13-12-;;. The Morgan fingerprint density at radius 2 is 1.38 bits per heavy atom. The number of carboxylic acid groups (broad SMARTS) is 1. The summed E-state index contributed by atoms with van der Waals surface area (Å²) in [5, 5.41) is 11.0. The van der Waals surface area contributed by atoms with Gasteiger partial charge in [-0.2, -0.15) is 0 Å². The summed E-state index contributed by atoms with van der Waals surface area (Å²) in [4.78, 5) is 21.3. The third-order valence-electron chi connectivity index (χ3n) is 3.21. The van der Waals surface area contributed by atoms with Gasteiger partial charge in [0.2, 0.25) is 5.91 Å². The first-order valence-electron chi connectivity index (χ1n) is 7.85. The van der Waals surface area contributed by atoms with Crippen LogP contribution >= 0.6 is 0 Å². The van der Waals surface area contributed by atoms with Crippen molar-refractivity contribution in [2.24, 2.45) is 0 Å². The fourth-order valence-electron chi connectivity index (χ4n) is 2.03. The van der Waals surface area contributed by atoms with E-state index in [0.29, 0.717) is 6.54 Å². The molecule has 1 amide bonds. The summed E-state index contributed by atoms with van der Waals surface area (Å²) in [5.74, 6) is -1.43. The molecule has 0 unspecified atom stereocenters. The molecular formula is C16H30NNaO3. The Labute approximate surface area is 152 Å². The molecule has 0 aromatic rings. The zero-order chi connectivity index (χ0) is 15.1. The minimum absolute atomic E-state index is 0. The normalized spacial score (nSPS) is 10.3. The van der Waals surface area contributed by atoms with E-state index in [1.54, 1.807) is 0 Å². The molecule has 0 heterocycles. The van der Waals surface area contributed by atoms with E-state index in [2.05, 4.69) is 12.2 Å². The first-order chi connectivity index (χ1) is 9.66. The largest absolute Gasteiger partial charge is 1.00 e. The molecular weight excluding hydrogens is 277 g/mol. The van der Waals surface area contributed by atoms with Crippen LogP contribution in [0.1, 0.15) is 72.6 Å². The zero-order valence-electron chi connectivity index (χ0n) is 14.7. The minimum Gasteiger partial charge on any atom is -1.00 e. The Morgan fingerprint density at radius 1 is 0.905 bits per heavy atom. The van der Waals surface area contributed by atoms with Crippen molar-refractivity contribution in [3.8, 4) is 0 Å². The SMILES string of the molecule is CCCCCCCCCCCCNC(=O)/C=C\C(=O)O.[H-].[Na+]. The first kappa shape index (κ1) is 23.0. The van der Waals surface area contributed by atoms with E-state index in [1.165, 1.54) is 51.4 Å². The molecule has 0 saturated carbocycles. The Hall–Kier alpha value is -0.320. The monoisotopic (exact) mass is 307 g/mol. The maximum atomic E-state index is 11.1. The van der Waals surface area contributed by atoms with Crippen molar-refractivity contribution >= 4 is 11.9 Å². The molecule has 0 spiro atoms. The molecule has 0 aliphatic carbocycles. The number of carbonyl (C=O) groups excluding carboxylic acids is 1. The molecule has 0 atom stereocenters. The summed E-state index contributed by atoms with van der Waals surface area (Å²) < 4.78 is 0. The van der Waals surface area contributed by atoms with E-state index < -0.39 is 5.97 Å². The molecule has 0 aromatic carbocycles. The molecule has 0 aliphatic heterocycles. The molecule has 0 aliphatic rings. The number of aliphatic carboxylic acids is 1. The van der Waals surface area contributed by atoms with E-state index in [1.807, 2.05) is 0 Å². The summed E-state index contributed by atoms with van der Waals surface area (Å²) in [6.45, 7) is 2.86. The number of carboxylic acids is 1. The van der Waals surface area contributed by atoms with Crippen LogP contribution in [-0.4, -0.2) is 23.5 Å². The molecule has 0 rings (SSSR count). The van der Waals surface area contributed by atoms with Gasteiger partial charge in [0.25, 0.3) is 0 Å². The van der Waals surface area contributed by atoms with E-state index in [9.17, 15) is 9.59 Å². The summed E-state index contributed by atoms with van der Waals surface area (Å²) in [6, 6.07) is 0. The number of rotatable bonds is 13. The van der Waals surface area contributed by atoms with Crippen molar-refractivity contribution in [1.82, 2.24) is 5.32 Å². The molecule has 4 nitrogen and oxygen atoms in total. The van der Waals surface area contributed by atoms with Gasteiger partial charge in [0.1, 0.15) is 0 Å². The molecule has 0 aromatic heterocycles. The Morgan fingerprint density at radius 3 is 1.86 bits per heavy atom. The first-order valence-corrected chi connectivity index (χ1v) is 7.85. The molecule has 0 fully saturated rings. The Balaban J connectivity index is -0.00000180. The van der Waals surface area contributed by atoms with Gasteiger partial charge in [-0.05, 0) is 6.42 Å². The van der Waals surface area contributed by atoms with Crippen LogP contribution in [0.5, 0.6) is 0 Å². The number of amides is 1. The summed E-state index contributed by atoms with van der Waals surface area (Å²) in [5.41, 5.74) is 0. The summed E-state index contributed by atoms with van der Waals surface area (Å²) >= 11 is 0. The predicted octanol–water partition coefficient (Wildman–Crippen LogP) is 0.781. The number of hydrogen-bond donors (Lipinski definition) is 2. The van der Waals surface area contributed by atoms with Crippen LogP contribution in [-0.2, 0) is 9.59 Å². The van der Waals surface area contributed by atoms with E-state index >= 15 is 0 Å². The molecule has 118 valence electrons. The third kappa shape index (κ3) is 19.7. The van der Waals surface area contributed by atoms with Crippen molar-refractivity contribution < 1.29 is 45.7 Å². The smallest absolute Gasteiger partial charge is 1.00 e. The van der Waals surface area contributed by atoms with Gasteiger partial charge < -0.3 is 11.8 Å². The molecule has 0 bridgehead atoms. The van der Waals surface area contributed by atoms with E-state index in [-0.39, 0.29) is 36.9 Å². The van der Waals surface area contributed by atoms with Crippen molar-refractivity contribution in [3.63, 3.8) is 0 Å². The average Bonchev–Trinajstić information content (AvgIpc) is 2.42. The number of hydrogen-bond acceptors (Lipinski definition) is 2. The van der Waals surface area contributed by atoms with E-state index in [0.717, 1.165) is 25.0 Å². The van der Waals surface area contributed by atoms with Gasteiger partial charge in [0.15, 0.2) is 0 Å². The minimum atomic E-state index is -1.10. The predicted molar refractivity (Wildman–Crippen MR) is 82.7 cm³/mol. The van der Waals surface area contributed by atoms with Crippen LogP contribution in [0, 0.1) is 0 Å². The third-order valence-corrected chi connectivity index (χ3v) is 3.21. The maximum absolute atomic E-state index is 11.1. The molecule has 0 saturated heterocycles. The maximum Gasteiger partial charge on any atom is 1.00 e. The fourth-order valence-corrected chi connectivity index (χ4v) is 2.03. The summed E-state index contributed by atoms with van der Waals surface area (Å²) in [7, 11) is 0. The Kier molecular flexibility index (Phi) is 19.4. The van der Waals surface area contributed by atoms with Gasteiger partial charge in [0.05, 0.1) is 0 Å². The topological polar surface area (TPSA) is 66.4 Å². The van der Waals surface area contributed by atoms with Crippen LogP contribution in [0.4, 0.5) is 0 Å².